The summed E-state index contributed by atoms with van der Waals surface area (Å²) in [6, 6.07) is 0.548. The standard InChI is InChI=1S/C11H20FNO/c1-8(2)14-7-11-4-9(3)13(11)6-10(12)5-11/h8-10H,4-7H2,1-3H3/t9-,10+,11-/m0/s1. The zero-order valence-electron chi connectivity index (χ0n) is 9.29. The number of fused-ring (bicyclic) bond motifs is 1. The Morgan fingerprint density at radius 2 is 2.21 bits per heavy atom. The molecule has 0 N–H and O–H groups in total. The molecule has 0 spiro atoms. The monoisotopic (exact) mass is 201 g/mol. The van der Waals surface area contributed by atoms with E-state index in [1.54, 1.807) is 0 Å². The van der Waals surface area contributed by atoms with E-state index in [9.17, 15) is 4.39 Å². The molecule has 2 heterocycles. The second-order valence-corrected chi connectivity index (χ2v) is 5.09. The molecular formula is C11H20FNO. The fourth-order valence-electron chi connectivity index (χ4n) is 2.92. The van der Waals surface area contributed by atoms with E-state index >= 15 is 0 Å². The molecule has 0 aromatic rings. The molecular weight excluding hydrogens is 181 g/mol. The zero-order valence-corrected chi connectivity index (χ0v) is 9.29. The smallest absolute Gasteiger partial charge is 0.115 e. The molecule has 0 aromatic carbocycles. The predicted molar refractivity (Wildman–Crippen MR) is 54.1 cm³/mol. The van der Waals surface area contributed by atoms with Crippen LogP contribution in [0, 0.1) is 0 Å². The van der Waals surface area contributed by atoms with Crippen molar-refractivity contribution in [2.24, 2.45) is 0 Å². The van der Waals surface area contributed by atoms with Crippen LogP contribution in [-0.2, 0) is 4.74 Å². The third-order valence-corrected chi connectivity index (χ3v) is 3.50. The number of rotatable bonds is 3. The Labute approximate surface area is 85.4 Å². The number of nitrogens with zero attached hydrogens (tertiary/aromatic N) is 1. The molecule has 2 aliphatic rings. The summed E-state index contributed by atoms with van der Waals surface area (Å²) in [5.41, 5.74) is 0.0447. The molecule has 0 unspecified atom stereocenters. The van der Waals surface area contributed by atoms with Crippen LogP contribution in [0.5, 0.6) is 0 Å². The molecule has 2 nitrogen and oxygen atoms in total. The molecule has 0 bridgehead atoms. The van der Waals surface area contributed by atoms with Crippen LogP contribution < -0.4 is 0 Å². The summed E-state index contributed by atoms with van der Waals surface area (Å²) >= 11 is 0. The third-order valence-electron chi connectivity index (χ3n) is 3.50. The second kappa shape index (κ2) is 3.46. The predicted octanol–water partition coefficient (Wildman–Crippen LogP) is 1.99. The molecule has 14 heavy (non-hydrogen) atoms. The summed E-state index contributed by atoms with van der Waals surface area (Å²) in [4.78, 5) is 2.28. The van der Waals surface area contributed by atoms with Gasteiger partial charge in [0.2, 0.25) is 0 Å². The molecule has 0 amide bonds. The van der Waals surface area contributed by atoms with Crippen molar-refractivity contribution < 1.29 is 9.13 Å². The molecule has 0 aromatic heterocycles. The minimum Gasteiger partial charge on any atom is -0.377 e. The summed E-state index contributed by atoms with van der Waals surface area (Å²) in [6.07, 6.45) is 1.38. The summed E-state index contributed by atoms with van der Waals surface area (Å²) in [7, 11) is 0. The Morgan fingerprint density at radius 3 is 2.79 bits per heavy atom. The fourth-order valence-corrected chi connectivity index (χ4v) is 2.92. The van der Waals surface area contributed by atoms with Crippen molar-refractivity contribution in [2.45, 2.75) is 57.5 Å². The van der Waals surface area contributed by atoms with Crippen LogP contribution in [0.3, 0.4) is 0 Å². The lowest BCUT2D eigenvalue weighted by Gasteiger charge is -2.53. The van der Waals surface area contributed by atoms with Crippen LogP contribution in [0.1, 0.15) is 33.6 Å². The highest BCUT2D eigenvalue weighted by atomic mass is 19.1. The molecule has 2 rings (SSSR count). The molecule has 0 radical (unpaired) electrons. The molecule has 0 aliphatic carbocycles. The number of alkyl halides is 1. The van der Waals surface area contributed by atoms with E-state index in [1.807, 2.05) is 13.8 Å². The van der Waals surface area contributed by atoms with E-state index in [-0.39, 0.29) is 11.6 Å². The van der Waals surface area contributed by atoms with Crippen molar-refractivity contribution >= 4 is 0 Å². The average molecular weight is 201 g/mol. The second-order valence-electron chi connectivity index (χ2n) is 5.09. The Kier molecular flexibility index (Phi) is 2.56. The lowest BCUT2D eigenvalue weighted by molar-refractivity contribution is -0.0960. The SMILES string of the molecule is CC(C)OC[C@]12C[C@@H](F)CN1[C@@H](C)C2. The van der Waals surface area contributed by atoms with Gasteiger partial charge in [-0.2, -0.15) is 0 Å². The van der Waals surface area contributed by atoms with Gasteiger partial charge in [-0.3, -0.25) is 4.90 Å². The van der Waals surface area contributed by atoms with Gasteiger partial charge < -0.3 is 4.74 Å². The number of halogens is 1. The molecule has 2 saturated heterocycles. The lowest BCUT2D eigenvalue weighted by atomic mass is 9.80. The van der Waals surface area contributed by atoms with Crippen LogP contribution in [0.2, 0.25) is 0 Å². The Morgan fingerprint density at radius 1 is 1.50 bits per heavy atom. The van der Waals surface area contributed by atoms with E-state index < -0.39 is 6.17 Å². The number of hydrogen-bond donors (Lipinski definition) is 0. The van der Waals surface area contributed by atoms with Gasteiger partial charge >= 0.3 is 0 Å². The summed E-state index contributed by atoms with van der Waals surface area (Å²) in [5.74, 6) is 0. The average Bonchev–Trinajstić information content (AvgIpc) is 2.35. The van der Waals surface area contributed by atoms with Gasteiger partial charge in [0.1, 0.15) is 6.17 Å². The van der Waals surface area contributed by atoms with E-state index in [0.717, 1.165) is 6.42 Å². The topological polar surface area (TPSA) is 12.5 Å². The first-order valence-electron chi connectivity index (χ1n) is 5.56. The van der Waals surface area contributed by atoms with Crippen molar-refractivity contribution in [2.75, 3.05) is 13.2 Å². The van der Waals surface area contributed by atoms with Crippen molar-refractivity contribution in [3.05, 3.63) is 0 Å². The fraction of sp³-hybridized carbons (Fsp3) is 1.00. The molecule has 2 fully saturated rings. The first kappa shape index (κ1) is 10.4. The van der Waals surface area contributed by atoms with Gasteiger partial charge in [-0.1, -0.05) is 0 Å². The quantitative estimate of drug-likeness (QED) is 0.692. The van der Waals surface area contributed by atoms with Gasteiger partial charge in [0, 0.05) is 24.5 Å². The van der Waals surface area contributed by atoms with E-state index in [1.165, 1.54) is 0 Å². The highest BCUT2D eigenvalue weighted by Crippen LogP contribution is 2.46. The zero-order chi connectivity index (χ0) is 10.3. The molecule has 2 aliphatic heterocycles. The summed E-state index contributed by atoms with van der Waals surface area (Å²) < 4.78 is 18.9. The first-order chi connectivity index (χ1) is 6.53. The van der Waals surface area contributed by atoms with E-state index in [0.29, 0.717) is 25.6 Å². The van der Waals surface area contributed by atoms with Crippen LogP contribution in [0.15, 0.2) is 0 Å². The number of hydrogen-bond acceptors (Lipinski definition) is 2. The highest BCUT2D eigenvalue weighted by Gasteiger charge is 2.56. The summed E-state index contributed by atoms with van der Waals surface area (Å²) in [5, 5.41) is 0. The molecule has 3 atom stereocenters. The normalized spacial score (nSPS) is 42.6. The maximum Gasteiger partial charge on any atom is 0.115 e. The molecule has 0 saturated carbocycles. The van der Waals surface area contributed by atoms with E-state index in [2.05, 4.69) is 11.8 Å². The van der Waals surface area contributed by atoms with E-state index in [4.69, 9.17) is 4.74 Å². The number of ether oxygens (including phenoxy) is 1. The van der Waals surface area contributed by atoms with Gasteiger partial charge in [-0.25, -0.2) is 4.39 Å². The Hall–Kier alpha value is -0.150. The van der Waals surface area contributed by atoms with Gasteiger partial charge in [0.15, 0.2) is 0 Å². The summed E-state index contributed by atoms with van der Waals surface area (Å²) in [6.45, 7) is 7.56. The maximum absolute atomic E-state index is 13.3. The lowest BCUT2D eigenvalue weighted by Crippen LogP contribution is -2.63. The van der Waals surface area contributed by atoms with Gasteiger partial charge in [-0.15, -0.1) is 0 Å². The Balaban J connectivity index is 1.95. The Bertz CT molecular complexity index is 221. The van der Waals surface area contributed by atoms with Crippen molar-refractivity contribution in [3.63, 3.8) is 0 Å². The van der Waals surface area contributed by atoms with Crippen LogP contribution in [-0.4, -0.2) is 41.9 Å². The van der Waals surface area contributed by atoms with Crippen LogP contribution in [0.25, 0.3) is 0 Å². The van der Waals surface area contributed by atoms with Gasteiger partial charge in [0.05, 0.1) is 12.7 Å². The van der Waals surface area contributed by atoms with Crippen LogP contribution in [0.4, 0.5) is 4.39 Å². The van der Waals surface area contributed by atoms with Crippen molar-refractivity contribution in [3.8, 4) is 0 Å². The van der Waals surface area contributed by atoms with Crippen molar-refractivity contribution in [1.82, 2.24) is 4.90 Å². The third kappa shape index (κ3) is 1.57. The largest absolute Gasteiger partial charge is 0.377 e. The van der Waals surface area contributed by atoms with Gasteiger partial charge in [0.25, 0.3) is 0 Å². The maximum atomic E-state index is 13.3. The van der Waals surface area contributed by atoms with Gasteiger partial charge in [-0.05, 0) is 27.2 Å². The van der Waals surface area contributed by atoms with Crippen molar-refractivity contribution in [1.29, 1.82) is 0 Å². The first-order valence-corrected chi connectivity index (χ1v) is 5.56. The molecule has 3 heteroatoms. The highest BCUT2D eigenvalue weighted by molar-refractivity contribution is 5.10. The van der Waals surface area contributed by atoms with Crippen LogP contribution >= 0.6 is 0 Å². The molecule has 82 valence electrons. The minimum absolute atomic E-state index is 0.0447. The minimum atomic E-state index is -0.643.